The second kappa shape index (κ2) is 9.20. The van der Waals surface area contributed by atoms with Crippen LogP contribution in [0.5, 0.6) is 0 Å². The highest BCUT2D eigenvalue weighted by Gasteiger charge is 2.11. The summed E-state index contributed by atoms with van der Waals surface area (Å²) in [7, 11) is 0. The van der Waals surface area contributed by atoms with Crippen molar-refractivity contribution in [3.63, 3.8) is 0 Å². The number of esters is 1. The molecule has 0 aliphatic rings. The van der Waals surface area contributed by atoms with Crippen LogP contribution in [-0.4, -0.2) is 18.5 Å². The van der Waals surface area contributed by atoms with Gasteiger partial charge in [0, 0.05) is 17.6 Å². The van der Waals surface area contributed by atoms with Gasteiger partial charge in [-0.15, -0.1) is 0 Å². The summed E-state index contributed by atoms with van der Waals surface area (Å²) in [6, 6.07) is 13.9. The van der Waals surface area contributed by atoms with Crippen LogP contribution in [0.1, 0.15) is 28.4 Å². The van der Waals surface area contributed by atoms with E-state index in [0.717, 1.165) is 16.8 Å². The Morgan fingerprint density at radius 3 is 2.48 bits per heavy atom. The number of nitrogens with one attached hydrogen (secondary N) is 2. The molecule has 0 saturated heterocycles. The molecule has 0 unspecified atom stereocenters. The van der Waals surface area contributed by atoms with Gasteiger partial charge in [-0.25, -0.2) is 4.79 Å². The van der Waals surface area contributed by atoms with E-state index in [1.54, 1.807) is 31.2 Å². The number of hydrogen-bond donors (Lipinski definition) is 2. The molecule has 138 valence electrons. The lowest BCUT2D eigenvalue weighted by Gasteiger charge is -2.09. The maximum Gasteiger partial charge on any atom is 0.338 e. The van der Waals surface area contributed by atoms with E-state index < -0.39 is 11.9 Å². The Morgan fingerprint density at radius 2 is 1.85 bits per heavy atom. The van der Waals surface area contributed by atoms with Gasteiger partial charge in [0.15, 0.2) is 0 Å². The number of benzene rings is 2. The fraction of sp³-hybridized carbons (Fsp3) is 0.190. The van der Waals surface area contributed by atoms with Crippen molar-refractivity contribution in [1.82, 2.24) is 0 Å². The van der Waals surface area contributed by atoms with Crippen molar-refractivity contribution >= 4 is 23.3 Å². The maximum absolute atomic E-state index is 12.3. The SMILES string of the molecule is CCOC(=O)c1ccc(NC(=O)/C(C#N)=C\Nc2cccc(C)c2C)cc1. The van der Waals surface area contributed by atoms with E-state index >= 15 is 0 Å². The zero-order chi connectivity index (χ0) is 19.8. The zero-order valence-electron chi connectivity index (χ0n) is 15.5. The molecule has 0 heterocycles. The van der Waals surface area contributed by atoms with Crippen molar-refractivity contribution < 1.29 is 14.3 Å². The van der Waals surface area contributed by atoms with Gasteiger partial charge in [0.2, 0.25) is 0 Å². The number of carbonyl (C=O) groups excluding carboxylic acids is 2. The van der Waals surface area contributed by atoms with E-state index in [4.69, 9.17) is 4.74 Å². The Morgan fingerprint density at radius 1 is 1.15 bits per heavy atom. The van der Waals surface area contributed by atoms with Gasteiger partial charge in [0.05, 0.1) is 12.2 Å². The largest absolute Gasteiger partial charge is 0.462 e. The first-order chi connectivity index (χ1) is 13.0. The van der Waals surface area contributed by atoms with Crippen molar-refractivity contribution in [2.75, 3.05) is 17.2 Å². The molecule has 0 radical (unpaired) electrons. The van der Waals surface area contributed by atoms with Crippen LogP contribution in [0.4, 0.5) is 11.4 Å². The quantitative estimate of drug-likeness (QED) is 0.461. The van der Waals surface area contributed by atoms with Crippen molar-refractivity contribution in [2.45, 2.75) is 20.8 Å². The summed E-state index contributed by atoms with van der Waals surface area (Å²) in [6.45, 7) is 5.97. The lowest BCUT2D eigenvalue weighted by Crippen LogP contribution is -2.15. The number of aryl methyl sites for hydroxylation is 1. The van der Waals surface area contributed by atoms with Crippen molar-refractivity contribution in [3.05, 3.63) is 70.9 Å². The van der Waals surface area contributed by atoms with E-state index in [0.29, 0.717) is 17.9 Å². The molecule has 0 atom stereocenters. The van der Waals surface area contributed by atoms with Crippen molar-refractivity contribution in [1.29, 1.82) is 5.26 Å². The van der Waals surface area contributed by atoms with Crippen LogP contribution in [0, 0.1) is 25.2 Å². The summed E-state index contributed by atoms with van der Waals surface area (Å²) in [6.07, 6.45) is 1.38. The monoisotopic (exact) mass is 363 g/mol. The number of nitrogens with zero attached hydrogens (tertiary/aromatic N) is 1. The van der Waals surface area contributed by atoms with Crippen LogP contribution in [0.3, 0.4) is 0 Å². The van der Waals surface area contributed by atoms with Gasteiger partial charge in [-0.2, -0.15) is 5.26 Å². The molecule has 2 N–H and O–H groups in total. The number of anilines is 2. The molecule has 2 rings (SSSR count). The average Bonchev–Trinajstić information content (AvgIpc) is 2.66. The number of rotatable bonds is 6. The number of amides is 1. The maximum atomic E-state index is 12.3. The summed E-state index contributed by atoms with van der Waals surface area (Å²) in [5.41, 5.74) is 3.78. The summed E-state index contributed by atoms with van der Waals surface area (Å²) in [4.78, 5) is 23.9. The smallest absolute Gasteiger partial charge is 0.338 e. The predicted octanol–water partition coefficient (Wildman–Crippen LogP) is 3.94. The van der Waals surface area contributed by atoms with Crippen LogP contribution >= 0.6 is 0 Å². The number of ether oxygens (including phenoxy) is 1. The normalized spacial score (nSPS) is 10.7. The molecule has 2 aromatic carbocycles. The fourth-order valence-corrected chi connectivity index (χ4v) is 2.31. The molecule has 27 heavy (non-hydrogen) atoms. The van der Waals surface area contributed by atoms with Crippen LogP contribution in [0.25, 0.3) is 0 Å². The predicted molar refractivity (Wildman–Crippen MR) is 104 cm³/mol. The third-order valence-electron chi connectivity index (χ3n) is 4.00. The Bertz CT molecular complexity index is 909. The van der Waals surface area contributed by atoms with Gasteiger partial charge < -0.3 is 15.4 Å². The molecule has 0 bridgehead atoms. The Kier molecular flexibility index (Phi) is 6.73. The van der Waals surface area contributed by atoms with Gasteiger partial charge in [-0.1, -0.05) is 12.1 Å². The summed E-state index contributed by atoms with van der Waals surface area (Å²) in [5.74, 6) is -0.968. The molecule has 1 amide bonds. The van der Waals surface area contributed by atoms with E-state index in [1.165, 1.54) is 6.20 Å². The van der Waals surface area contributed by atoms with Gasteiger partial charge in [0.1, 0.15) is 11.6 Å². The summed E-state index contributed by atoms with van der Waals surface area (Å²) >= 11 is 0. The van der Waals surface area contributed by atoms with E-state index in [9.17, 15) is 14.9 Å². The Balaban J connectivity index is 2.07. The number of carbonyl (C=O) groups is 2. The highest BCUT2D eigenvalue weighted by atomic mass is 16.5. The highest BCUT2D eigenvalue weighted by Crippen LogP contribution is 2.18. The summed E-state index contributed by atoms with van der Waals surface area (Å²) < 4.78 is 4.91. The lowest BCUT2D eigenvalue weighted by molar-refractivity contribution is -0.112. The van der Waals surface area contributed by atoms with Gasteiger partial charge in [0.25, 0.3) is 5.91 Å². The van der Waals surface area contributed by atoms with Gasteiger partial charge in [-0.05, 0) is 62.2 Å². The second-order valence-electron chi connectivity index (χ2n) is 5.81. The zero-order valence-corrected chi connectivity index (χ0v) is 15.5. The van der Waals surface area contributed by atoms with Crippen LogP contribution < -0.4 is 10.6 Å². The third-order valence-corrected chi connectivity index (χ3v) is 4.00. The lowest BCUT2D eigenvalue weighted by atomic mass is 10.1. The van der Waals surface area contributed by atoms with Crippen molar-refractivity contribution in [2.24, 2.45) is 0 Å². The number of hydrogen-bond acceptors (Lipinski definition) is 5. The fourth-order valence-electron chi connectivity index (χ4n) is 2.31. The molecule has 6 nitrogen and oxygen atoms in total. The Labute approximate surface area is 158 Å². The minimum Gasteiger partial charge on any atom is -0.462 e. The molecule has 0 saturated carbocycles. The summed E-state index contributed by atoms with van der Waals surface area (Å²) in [5, 5.41) is 14.9. The number of nitriles is 1. The standard InChI is InChI=1S/C21H21N3O3/c1-4-27-21(26)16-8-10-18(11-9-16)24-20(25)17(12-22)13-23-19-7-5-6-14(2)15(19)3/h5-11,13,23H,4H2,1-3H3,(H,24,25)/b17-13-. The molecular weight excluding hydrogens is 342 g/mol. The molecule has 6 heteroatoms. The molecule has 0 spiro atoms. The van der Waals surface area contributed by atoms with E-state index in [1.807, 2.05) is 38.1 Å². The van der Waals surface area contributed by atoms with Crippen molar-refractivity contribution in [3.8, 4) is 6.07 Å². The molecule has 0 aliphatic heterocycles. The van der Waals surface area contributed by atoms with Gasteiger partial charge in [-0.3, -0.25) is 4.79 Å². The highest BCUT2D eigenvalue weighted by molar-refractivity contribution is 6.06. The topological polar surface area (TPSA) is 91.2 Å². The molecule has 0 fully saturated rings. The second-order valence-corrected chi connectivity index (χ2v) is 5.81. The van der Waals surface area contributed by atoms with Crippen LogP contribution in [0.2, 0.25) is 0 Å². The van der Waals surface area contributed by atoms with E-state index in [2.05, 4.69) is 10.6 Å². The first kappa shape index (κ1) is 19.7. The van der Waals surface area contributed by atoms with Gasteiger partial charge >= 0.3 is 5.97 Å². The van der Waals surface area contributed by atoms with Crippen LogP contribution in [-0.2, 0) is 9.53 Å². The Hall–Kier alpha value is -3.59. The first-order valence-corrected chi connectivity index (χ1v) is 8.47. The first-order valence-electron chi connectivity index (χ1n) is 8.47. The molecular formula is C21H21N3O3. The molecule has 2 aromatic rings. The minimum atomic E-state index is -0.542. The van der Waals surface area contributed by atoms with E-state index in [-0.39, 0.29) is 5.57 Å². The third kappa shape index (κ3) is 5.19. The average molecular weight is 363 g/mol. The van der Waals surface area contributed by atoms with Crippen LogP contribution in [0.15, 0.2) is 54.2 Å². The molecule has 0 aliphatic carbocycles. The molecule has 0 aromatic heterocycles. The minimum absolute atomic E-state index is 0.0645.